The molecule has 0 aromatic heterocycles. The number of hydrogen-bond acceptors (Lipinski definition) is 4. The normalized spacial score (nSPS) is 14.8. The highest BCUT2D eigenvalue weighted by atomic mass is 32.2. The highest BCUT2D eigenvalue weighted by molar-refractivity contribution is 7.89. The molecular weight excluding hydrogens is 390 g/mol. The summed E-state index contributed by atoms with van der Waals surface area (Å²) in [6.45, 7) is 2.75. The smallest absolute Gasteiger partial charge is 0.255 e. The number of anilines is 1. The maximum absolute atomic E-state index is 13.8. The average Bonchev–Trinajstić information content (AvgIpc) is 3.21. The van der Waals surface area contributed by atoms with Crippen LogP contribution in [0.2, 0.25) is 0 Å². The number of ether oxygens (including phenoxy) is 1. The Hall–Kier alpha value is -2.52. The lowest BCUT2D eigenvalue weighted by atomic mass is 10.2. The van der Waals surface area contributed by atoms with Crippen LogP contribution in [0.5, 0.6) is 5.75 Å². The van der Waals surface area contributed by atoms with E-state index in [9.17, 15) is 22.0 Å². The molecule has 0 saturated carbocycles. The molecule has 0 unspecified atom stereocenters. The molecule has 0 aliphatic carbocycles. The van der Waals surface area contributed by atoms with Crippen LogP contribution in [0.3, 0.4) is 0 Å². The molecule has 1 fully saturated rings. The SMILES string of the molecule is CCOc1ccc(C(=O)Nc2c(F)cccc2F)cc1S(=O)(=O)N1CCCC1. The Kier molecular flexibility index (Phi) is 5.95. The topological polar surface area (TPSA) is 75.7 Å². The van der Waals surface area contributed by atoms with E-state index in [1.165, 1.54) is 28.6 Å². The van der Waals surface area contributed by atoms with Crippen LogP contribution in [-0.2, 0) is 10.0 Å². The Balaban J connectivity index is 1.97. The van der Waals surface area contributed by atoms with Crippen molar-refractivity contribution in [3.05, 3.63) is 53.6 Å². The number of rotatable bonds is 6. The molecule has 0 radical (unpaired) electrons. The van der Waals surface area contributed by atoms with Gasteiger partial charge in [-0.1, -0.05) is 6.07 Å². The van der Waals surface area contributed by atoms with Crippen LogP contribution in [0.4, 0.5) is 14.5 Å². The van der Waals surface area contributed by atoms with Crippen molar-refractivity contribution in [2.75, 3.05) is 25.0 Å². The number of nitrogens with zero attached hydrogens (tertiary/aromatic N) is 1. The van der Waals surface area contributed by atoms with Gasteiger partial charge in [0.1, 0.15) is 28.0 Å². The standard InChI is InChI=1S/C19H20F2N2O4S/c1-2-27-16-9-8-13(12-17(16)28(25,26)23-10-3-4-11-23)19(24)22-18-14(20)6-5-7-15(18)21/h5-9,12H,2-4,10-11H2,1H3,(H,22,24). The van der Waals surface area contributed by atoms with Gasteiger partial charge >= 0.3 is 0 Å². The monoisotopic (exact) mass is 410 g/mol. The molecule has 1 amide bonds. The fourth-order valence-corrected chi connectivity index (χ4v) is 4.67. The lowest BCUT2D eigenvalue weighted by molar-refractivity contribution is 0.102. The van der Waals surface area contributed by atoms with Gasteiger partial charge in [0.2, 0.25) is 10.0 Å². The van der Waals surface area contributed by atoms with E-state index in [0.717, 1.165) is 25.0 Å². The van der Waals surface area contributed by atoms with Gasteiger partial charge in [-0.25, -0.2) is 17.2 Å². The molecule has 28 heavy (non-hydrogen) atoms. The Bertz CT molecular complexity index is 969. The minimum absolute atomic E-state index is 0.0520. The van der Waals surface area contributed by atoms with Crippen LogP contribution in [0, 0.1) is 11.6 Å². The van der Waals surface area contributed by atoms with Gasteiger partial charge in [0, 0.05) is 18.7 Å². The molecule has 1 N–H and O–H groups in total. The second-order valence-corrected chi connectivity index (χ2v) is 8.16. The maximum atomic E-state index is 13.8. The van der Waals surface area contributed by atoms with Crippen molar-refractivity contribution < 1.29 is 26.7 Å². The minimum atomic E-state index is -3.86. The van der Waals surface area contributed by atoms with Gasteiger partial charge in [0.15, 0.2) is 0 Å². The van der Waals surface area contributed by atoms with Gasteiger partial charge in [-0.05, 0) is 50.1 Å². The van der Waals surface area contributed by atoms with Crippen LogP contribution in [0.15, 0.2) is 41.3 Å². The molecular formula is C19H20F2N2O4S. The molecule has 150 valence electrons. The quantitative estimate of drug-likeness (QED) is 0.792. The molecule has 1 aliphatic rings. The largest absolute Gasteiger partial charge is 0.492 e. The molecule has 1 aliphatic heterocycles. The van der Waals surface area contributed by atoms with E-state index in [0.29, 0.717) is 13.1 Å². The number of sulfonamides is 1. The number of hydrogen-bond donors (Lipinski definition) is 1. The van der Waals surface area contributed by atoms with E-state index in [1.54, 1.807) is 6.92 Å². The summed E-state index contributed by atoms with van der Waals surface area (Å²) in [5, 5.41) is 2.16. The van der Waals surface area contributed by atoms with Gasteiger partial charge in [0.25, 0.3) is 5.91 Å². The number of halogens is 2. The van der Waals surface area contributed by atoms with E-state index in [1.807, 2.05) is 0 Å². The van der Waals surface area contributed by atoms with E-state index < -0.39 is 33.3 Å². The van der Waals surface area contributed by atoms with Crippen molar-refractivity contribution in [3.63, 3.8) is 0 Å². The third kappa shape index (κ3) is 4.00. The van der Waals surface area contributed by atoms with Gasteiger partial charge in [0.05, 0.1) is 6.61 Å². The summed E-state index contributed by atoms with van der Waals surface area (Å²) >= 11 is 0. The molecule has 1 saturated heterocycles. The predicted molar refractivity (Wildman–Crippen MR) is 99.9 cm³/mol. The number of amides is 1. The highest BCUT2D eigenvalue weighted by Gasteiger charge is 2.31. The molecule has 2 aromatic carbocycles. The molecule has 3 rings (SSSR count). The summed E-state index contributed by atoms with van der Waals surface area (Å²) in [4.78, 5) is 12.4. The number of carbonyl (C=O) groups is 1. The van der Waals surface area contributed by atoms with Crippen molar-refractivity contribution in [2.24, 2.45) is 0 Å². The Morgan fingerprint density at radius 1 is 1.14 bits per heavy atom. The molecule has 1 heterocycles. The number of nitrogens with one attached hydrogen (secondary N) is 1. The van der Waals surface area contributed by atoms with Crippen LogP contribution in [-0.4, -0.2) is 38.3 Å². The van der Waals surface area contributed by atoms with Crippen LogP contribution in [0.1, 0.15) is 30.1 Å². The zero-order valence-corrected chi connectivity index (χ0v) is 16.1. The summed E-state index contributed by atoms with van der Waals surface area (Å²) in [6, 6.07) is 7.10. The first-order valence-electron chi connectivity index (χ1n) is 8.87. The first kappa shape index (κ1) is 20.2. The van der Waals surface area contributed by atoms with E-state index in [4.69, 9.17) is 4.74 Å². The number of para-hydroxylation sites is 1. The minimum Gasteiger partial charge on any atom is -0.492 e. The molecule has 9 heteroatoms. The highest BCUT2D eigenvalue weighted by Crippen LogP contribution is 2.30. The third-order valence-corrected chi connectivity index (χ3v) is 6.31. The predicted octanol–water partition coefficient (Wildman–Crippen LogP) is 3.40. The summed E-state index contributed by atoms with van der Waals surface area (Å²) in [5.41, 5.74) is -0.644. The number of benzene rings is 2. The van der Waals surface area contributed by atoms with Crippen molar-refractivity contribution in [1.29, 1.82) is 0 Å². The second-order valence-electron chi connectivity index (χ2n) is 6.26. The molecule has 0 bridgehead atoms. The van der Waals surface area contributed by atoms with Crippen molar-refractivity contribution in [1.82, 2.24) is 4.31 Å². The van der Waals surface area contributed by atoms with Gasteiger partial charge in [-0.3, -0.25) is 4.79 Å². The van der Waals surface area contributed by atoms with Crippen LogP contribution in [0.25, 0.3) is 0 Å². The summed E-state index contributed by atoms with van der Waals surface area (Å²) < 4.78 is 60.3. The first-order valence-corrected chi connectivity index (χ1v) is 10.3. The molecule has 6 nitrogen and oxygen atoms in total. The first-order chi connectivity index (χ1) is 13.3. The van der Waals surface area contributed by atoms with E-state index in [-0.39, 0.29) is 22.8 Å². The lowest BCUT2D eigenvalue weighted by Crippen LogP contribution is -2.28. The van der Waals surface area contributed by atoms with Gasteiger partial charge in [-0.2, -0.15) is 4.31 Å². The van der Waals surface area contributed by atoms with Crippen molar-refractivity contribution in [3.8, 4) is 5.75 Å². The third-order valence-electron chi connectivity index (χ3n) is 4.39. The van der Waals surface area contributed by atoms with Gasteiger partial charge in [-0.15, -0.1) is 0 Å². The molecule has 2 aromatic rings. The zero-order chi connectivity index (χ0) is 20.3. The van der Waals surface area contributed by atoms with Crippen LogP contribution < -0.4 is 10.1 Å². The average molecular weight is 410 g/mol. The Morgan fingerprint density at radius 2 is 1.79 bits per heavy atom. The van der Waals surface area contributed by atoms with Gasteiger partial charge < -0.3 is 10.1 Å². The fraction of sp³-hybridized carbons (Fsp3) is 0.316. The second kappa shape index (κ2) is 8.24. The fourth-order valence-electron chi connectivity index (χ4n) is 3.00. The van der Waals surface area contributed by atoms with Crippen LogP contribution >= 0.6 is 0 Å². The lowest BCUT2D eigenvalue weighted by Gasteiger charge is -2.19. The van der Waals surface area contributed by atoms with Crippen molar-refractivity contribution in [2.45, 2.75) is 24.7 Å². The summed E-state index contributed by atoms with van der Waals surface area (Å²) in [7, 11) is -3.86. The number of carbonyl (C=O) groups excluding carboxylic acids is 1. The van der Waals surface area contributed by atoms with Crippen molar-refractivity contribution >= 4 is 21.6 Å². The summed E-state index contributed by atoms with van der Waals surface area (Å²) in [5.74, 6) is -2.55. The maximum Gasteiger partial charge on any atom is 0.255 e. The Labute approximate surface area is 162 Å². The molecule has 0 spiro atoms. The Morgan fingerprint density at radius 3 is 2.39 bits per heavy atom. The van der Waals surface area contributed by atoms with E-state index in [2.05, 4.69) is 5.32 Å². The summed E-state index contributed by atoms with van der Waals surface area (Å²) in [6.07, 6.45) is 1.52. The zero-order valence-electron chi connectivity index (χ0n) is 15.2. The van der Waals surface area contributed by atoms with E-state index >= 15 is 0 Å². The molecule has 0 atom stereocenters.